The highest BCUT2D eigenvalue weighted by Gasteiger charge is 2.29. The van der Waals surface area contributed by atoms with Gasteiger partial charge in [0, 0.05) is 30.5 Å². The van der Waals surface area contributed by atoms with Crippen LogP contribution in [0, 0.1) is 0 Å². The minimum absolute atomic E-state index is 0.0548. The summed E-state index contributed by atoms with van der Waals surface area (Å²) in [5.41, 5.74) is 7.60. The summed E-state index contributed by atoms with van der Waals surface area (Å²) in [7, 11) is 1.84. The second-order valence-corrected chi connectivity index (χ2v) is 4.80. The van der Waals surface area contributed by atoms with Crippen LogP contribution in [0.4, 0.5) is 11.4 Å². The van der Waals surface area contributed by atoms with Gasteiger partial charge in [0.2, 0.25) is 5.91 Å². The minimum atomic E-state index is -0.0548. The van der Waals surface area contributed by atoms with Gasteiger partial charge in [-0.25, -0.2) is 0 Å². The molecule has 5 heteroatoms. The lowest BCUT2D eigenvalue weighted by atomic mass is 10.2. The zero-order chi connectivity index (χ0) is 11.7. The van der Waals surface area contributed by atoms with E-state index in [-0.39, 0.29) is 11.9 Å². The Morgan fingerprint density at radius 1 is 1.56 bits per heavy atom. The van der Waals surface area contributed by atoms with Crippen LogP contribution in [-0.2, 0) is 4.79 Å². The quantitative estimate of drug-likeness (QED) is 0.866. The van der Waals surface area contributed by atoms with E-state index < -0.39 is 0 Å². The third-order valence-corrected chi connectivity index (χ3v) is 3.17. The molecule has 3 N–H and O–H groups in total. The molecule has 1 aliphatic rings. The van der Waals surface area contributed by atoms with Gasteiger partial charge in [-0.15, -0.1) is 0 Å². The zero-order valence-electron chi connectivity index (χ0n) is 9.03. The van der Waals surface area contributed by atoms with Crippen molar-refractivity contribution in [2.45, 2.75) is 12.5 Å². The second kappa shape index (κ2) is 4.43. The Morgan fingerprint density at radius 3 is 2.88 bits per heavy atom. The number of hydrogen-bond acceptors (Lipinski definition) is 3. The van der Waals surface area contributed by atoms with Gasteiger partial charge < -0.3 is 16.0 Å². The summed E-state index contributed by atoms with van der Waals surface area (Å²) >= 11 is 3.40. The third-order valence-electron chi connectivity index (χ3n) is 2.67. The number of halogens is 1. The molecule has 0 saturated carbocycles. The molecular weight excluding hydrogens is 270 g/mol. The predicted molar refractivity (Wildman–Crippen MR) is 68.6 cm³/mol. The van der Waals surface area contributed by atoms with Gasteiger partial charge in [0.15, 0.2) is 0 Å². The van der Waals surface area contributed by atoms with E-state index in [1.165, 1.54) is 0 Å². The van der Waals surface area contributed by atoms with Crippen LogP contribution in [-0.4, -0.2) is 25.5 Å². The summed E-state index contributed by atoms with van der Waals surface area (Å²) in [6.45, 7) is 0.592. The van der Waals surface area contributed by atoms with Crippen molar-refractivity contribution in [1.82, 2.24) is 0 Å². The molecule has 0 aromatic heterocycles. The van der Waals surface area contributed by atoms with Gasteiger partial charge >= 0.3 is 0 Å². The predicted octanol–water partition coefficient (Wildman–Crippen LogP) is 1.55. The van der Waals surface area contributed by atoms with E-state index in [0.717, 1.165) is 15.8 Å². The first kappa shape index (κ1) is 11.4. The van der Waals surface area contributed by atoms with Crippen LogP contribution < -0.4 is 16.0 Å². The molecule has 86 valence electrons. The second-order valence-electron chi connectivity index (χ2n) is 3.88. The fraction of sp³-hybridized carbons (Fsp3) is 0.364. The summed E-state index contributed by atoms with van der Waals surface area (Å²) < 4.78 is 0.983. The van der Waals surface area contributed by atoms with E-state index in [4.69, 9.17) is 5.73 Å². The summed E-state index contributed by atoms with van der Waals surface area (Å²) in [5, 5.41) is 3.08. The Bertz CT molecular complexity index is 422. The van der Waals surface area contributed by atoms with Gasteiger partial charge in [-0.1, -0.05) is 15.9 Å². The molecule has 0 aliphatic carbocycles. The fourth-order valence-corrected chi connectivity index (χ4v) is 2.27. The van der Waals surface area contributed by atoms with Gasteiger partial charge in [-0.05, 0) is 18.2 Å². The van der Waals surface area contributed by atoms with Crippen molar-refractivity contribution in [2.75, 3.05) is 23.8 Å². The first-order valence-electron chi connectivity index (χ1n) is 5.15. The molecule has 1 fully saturated rings. The normalized spacial score (nSPS) is 20.3. The highest BCUT2D eigenvalue weighted by molar-refractivity contribution is 9.10. The molecule has 1 aromatic carbocycles. The lowest BCUT2D eigenvalue weighted by Gasteiger charge is -2.20. The number of anilines is 2. The van der Waals surface area contributed by atoms with Crippen LogP contribution in [0.1, 0.15) is 6.42 Å². The topological polar surface area (TPSA) is 58.4 Å². The molecular formula is C11H14BrN3O. The lowest BCUT2D eigenvalue weighted by Crippen LogP contribution is -2.28. The molecule has 1 amide bonds. The summed E-state index contributed by atoms with van der Waals surface area (Å²) in [4.78, 5) is 13.5. The Kier molecular flexibility index (Phi) is 3.16. The largest absolute Gasteiger partial charge is 0.386 e. The first-order valence-corrected chi connectivity index (χ1v) is 5.94. The number of benzene rings is 1. The molecule has 1 unspecified atom stereocenters. The molecule has 16 heavy (non-hydrogen) atoms. The molecule has 1 aromatic rings. The summed E-state index contributed by atoms with van der Waals surface area (Å²) in [6, 6.07) is 5.74. The molecule has 1 saturated heterocycles. The number of hydrogen-bond donors (Lipinski definition) is 2. The average Bonchev–Trinajstić information content (AvgIpc) is 2.57. The smallest absolute Gasteiger partial charge is 0.228 e. The van der Waals surface area contributed by atoms with E-state index in [1.54, 1.807) is 4.90 Å². The standard InChI is InChI=1S/C11H14BrN3O/c1-14-9-4-7(12)2-3-10(9)15-6-8(13)5-11(15)16/h2-4,8,14H,5-6,13H2,1H3. The van der Waals surface area contributed by atoms with Crippen LogP contribution in [0.2, 0.25) is 0 Å². The number of nitrogens with zero attached hydrogens (tertiary/aromatic N) is 1. The van der Waals surface area contributed by atoms with Crippen LogP contribution >= 0.6 is 15.9 Å². The number of carbonyl (C=O) groups excluding carboxylic acids is 1. The van der Waals surface area contributed by atoms with Crippen LogP contribution in [0.5, 0.6) is 0 Å². The van der Waals surface area contributed by atoms with E-state index in [0.29, 0.717) is 13.0 Å². The van der Waals surface area contributed by atoms with E-state index >= 15 is 0 Å². The Labute approximate surface area is 103 Å². The summed E-state index contributed by atoms with van der Waals surface area (Å²) in [6.07, 6.45) is 0.430. The monoisotopic (exact) mass is 283 g/mol. The number of carbonyl (C=O) groups is 1. The number of rotatable bonds is 2. The maximum Gasteiger partial charge on any atom is 0.228 e. The molecule has 1 aliphatic heterocycles. The highest BCUT2D eigenvalue weighted by Crippen LogP contribution is 2.31. The van der Waals surface area contributed by atoms with Crippen molar-refractivity contribution in [3.63, 3.8) is 0 Å². The molecule has 2 rings (SSSR count). The molecule has 0 bridgehead atoms. The Hall–Kier alpha value is -1.07. The lowest BCUT2D eigenvalue weighted by molar-refractivity contribution is -0.117. The van der Waals surface area contributed by atoms with Crippen molar-refractivity contribution >= 4 is 33.2 Å². The van der Waals surface area contributed by atoms with Crippen LogP contribution in [0.3, 0.4) is 0 Å². The molecule has 4 nitrogen and oxygen atoms in total. The maximum atomic E-state index is 11.7. The third kappa shape index (κ3) is 2.05. The minimum Gasteiger partial charge on any atom is -0.386 e. The van der Waals surface area contributed by atoms with Gasteiger partial charge in [0.25, 0.3) is 0 Å². The summed E-state index contributed by atoms with van der Waals surface area (Å²) in [5.74, 6) is 0.0892. The van der Waals surface area contributed by atoms with E-state index in [2.05, 4.69) is 21.2 Å². The van der Waals surface area contributed by atoms with E-state index in [9.17, 15) is 4.79 Å². The van der Waals surface area contributed by atoms with Crippen molar-refractivity contribution in [3.8, 4) is 0 Å². The van der Waals surface area contributed by atoms with E-state index in [1.807, 2.05) is 25.2 Å². The highest BCUT2D eigenvalue weighted by atomic mass is 79.9. The maximum absolute atomic E-state index is 11.7. The Morgan fingerprint density at radius 2 is 2.31 bits per heavy atom. The van der Waals surface area contributed by atoms with Crippen molar-refractivity contribution < 1.29 is 4.79 Å². The number of amides is 1. The van der Waals surface area contributed by atoms with Gasteiger partial charge in [-0.3, -0.25) is 4.79 Å². The molecule has 0 spiro atoms. The van der Waals surface area contributed by atoms with Gasteiger partial charge in [0.1, 0.15) is 0 Å². The Balaban J connectivity index is 2.36. The van der Waals surface area contributed by atoms with Crippen molar-refractivity contribution in [1.29, 1.82) is 0 Å². The average molecular weight is 284 g/mol. The fourth-order valence-electron chi connectivity index (χ4n) is 1.91. The molecule has 0 radical (unpaired) electrons. The van der Waals surface area contributed by atoms with Gasteiger partial charge in [-0.2, -0.15) is 0 Å². The number of nitrogens with two attached hydrogens (primary N) is 1. The first-order chi connectivity index (χ1) is 7.61. The van der Waals surface area contributed by atoms with Crippen molar-refractivity contribution in [2.24, 2.45) is 5.73 Å². The zero-order valence-corrected chi connectivity index (χ0v) is 10.6. The SMILES string of the molecule is CNc1cc(Br)ccc1N1CC(N)CC1=O. The van der Waals surface area contributed by atoms with Crippen LogP contribution in [0.15, 0.2) is 22.7 Å². The van der Waals surface area contributed by atoms with Crippen LogP contribution in [0.25, 0.3) is 0 Å². The molecule has 1 atom stereocenters. The van der Waals surface area contributed by atoms with Crippen molar-refractivity contribution in [3.05, 3.63) is 22.7 Å². The number of nitrogens with one attached hydrogen (secondary N) is 1. The van der Waals surface area contributed by atoms with Gasteiger partial charge in [0.05, 0.1) is 11.4 Å². The molecule has 1 heterocycles.